The molecule has 0 aliphatic rings. The predicted octanol–water partition coefficient (Wildman–Crippen LogP) is 3.21. The molecule has 0 saturated heterocycles. The van der Waals surface area contributed by atoms with E-state index in [1.807, 2.05) is 42.5 Å². The Hall–Kier alpha value is -2.94. The van der Waals surface area contributed by atoms with Crippen molar-refractivity contribution in [3.63, 3.8) is 0 Å². The molecule has 0 unspecified atom stereocenters. The van der Waals surface area contributed by atoms with Crippen LogP contribution in [0.1, 0.15) is 15.9 Å². The molecule has 0 fully saturated rings. The maximum absolute atomic E-state index is 11.7. The number of allylic oxidation sites excluding steroid dienone is 2. The fourth-order valence-corrected chi connectivity index (χ4v) is 1.69. The lowest BCUT2D eigenvalue weighted by Gasteiger charge is -1.99. The summed E-state index contributed by atoms with van der Waals surface area (Å²) in [4.78, 5) is 23.3. The molecule has 2 rings (SSSR count). The van der Waals surface area contributed by atoms with Crippen LogP contribution in [0.25, 0.3) is 6.08 Å². The summed E-state index contributed by atoms with van der Waals surface area (Å²) >= 11 is 0. The summed E-state index contributed by atoms with van der Waals surface area (Å²) in [6.07, 6.45) is 6.55. The molecule has 0 aliphatic heterocycles. The zero-order chi connectivity index (χ0) is 14.9. The number of amides is 2. The van der Waals surface area contributed by atoms with Gasteiger partial charge in [-0.3, -0.25) is 14.9 Å². The van der Waals surface area contributed by atoms with E-state index >= 15 is 0 Å². The van der Waals surface area contributed by atoms with Gasteiger partial charge in [-0.1, -0.05) is 66.8 Å². The molecule has 0 spiro atoms. The molecule has 0 heterocycles. The molecule has 0 aromatic heterocycles. The molecule has 3 nitrogen and oxygen atoms in total. The van der Waals surface area contributed by atoms with Crippen molar-refractivity contribution >= 4 is 17.9 Å². The molecule has 1 N–H and O–H groups in total. The molecular weight excluding hydrogens is 262 g/mol. The number of carbonyl (C=O) groups is 2. The summed E-state index contributed by atoms with van der Waals surface area (Å²) in [6.45, 7) is 0. The van der Waals surface area contributed by atoms with Gasteiger partial charge in [0.2, 0.25) is 0 Å². The maximum Gasteiger partial charge on any atom is 0.258 e. The van der Waals surface area contributed by atoms with Crippen LogP contribution in [0.3, 0.4) is 0 Å². The summed E-state index contributed by atoms with van der Waals surface area (Å²) in [6, 6.07) is 18.4. The van der Waals surface area contributed by atoms with Crippen molar-refractivity contribution in [2.24, 2.45) is 0 Å². The van der Waals surface area contributed by atoms with Gasteiger partial charge in [0.15, 0.2) is 0 Å². The van der Waals surface area contributed by atoms with Gasteiger partial charge in [-0.15, -0.1) is 0 Å². The van der Waals surface area contributed by atoms with Crippen LogP contribution in [0.15, 0.2) is 78.9 Å². The second-order valence-corrected chi connectivity index (χ2v) is 4.31. The first-order chi connectivity index (χ1) is 10.3. The standard InChI is InChI=1S/C18H15NO2/c20-17(19-18(21)16-12-5-2-6-13-16)14-8-7-11-15-9-3-1-4-10-15/h1-14H,(H,19,20,21). The van der Waals surface area contributed by atoms with Crippen LogP contribution in [0.4, 0.5) is 0 Å². The van der Waals surface area contributed by atoms with Gasteiger partial charge >= 0.3 is 0 Å². The summed E-state index contributed by atoms with van der Waals surface area (Å²) < 4.78 is 0. The Bertz CT molecular complexity index is 658. The lowest BCUT2D eigenvalue weighted by molar-refractivity contribution is -0.115. The van der Waals surface area contributed by atoms with E-state index in [0.29, 0.717) is 5.56 Å². The van der Waals surface area contributed by atoms with Crippen LogP contribution < -0.4 is 5.32 Å². The van der Waals surface area contributed by atoms with Gasteiger partial charge in [-0.2, -0.15) is 0 Å². The van der Waals surface area contributed by atoms with Crippen LogP contribution in [0.2, 0.25) is 0 Å². The van der Waals surface area contributed by atoms with Gasteiger partial charge in [0.25, 0.3) is 11.8 Å². The molecule has 0 atom stereocenters. The van der Waals surface area contributed by atoms with Gasteiger partial charge < -0.3 is 0 Å². The molecule has 0 bridgehead atoms. The second-order valence-electron chi connectivity index (χ2n) is 4.31. The van der Waals surface area contributed by atoms with Crippen molar-refractivity contribution in [2.45, 2.75) is 0 Å². The van der Waals surface area contributed by atoms with Crippen molar-refractivity contribution in [2.75, 3.05) is 0 Å². The molecule has 2 amide bonds. The van der Waals surface area contributed by atoms with E-state index < -0.39 is 11.8 Å². The van der Waals surface area contributed by atoms with Crippen LogP contribution in [0.5, 0.6) is 0 Å². The van der Waals surface area contributed by atoms with Gasteiger partial charge in [0.05, 0.1) is 0 Å². The van der Waals surface area contributed by atoms with Gasteiger partial charge in [-0.05, 0) is 17.7 Å². The Balaban J connectivity index is 1.86. The third-order valence-corrected chi connectivity index (χ3v) is 2.72. The second kappa shape index (κ2) is 7.60. The average molecular weight is 277 g/mol. The molecule has 21 heavy (non-hydrogen) atoms. The smallest absolute Gasteiger partial charge is 0.258 e. The van der Waals surface area contributed by atoms with E-state index in [9.17, 15) is 9.59 Å². The quantitative estimate of drug-likeness (QED) is 0.689. The van der Waals surface area contributed by atoms with E-state index in [0.717, 1.165) is 5.56 Å². The molecule has 0 aliphatic carbocycles. The van der Waals surface area contributed by atoms with Crippen molar-refractivity contribution in [3.05, 3.63) is 90.0 Å². The highest BCUT2D eigenvalue weighted by Gasteiger charge is 2.06. The average Bonchev–Trinajstić information content (AvgIpc) is 2.53. The minimum Gasteiger partial charge on any atom is -0.289 e. The van der Waals surface area contributed by atoms with Crippen molar-refractivity contribution < 1.29 is 9.59 Å². The topological polar surface area (TPSA) is 46.2 Å². The first-order valence-electron chi connectivity index (χ1n) is 6.56. The van der Waals surface area contributed by atoms with Crippen LogP contribution in [-0.2, 0) is 4.79 Å². The van der Waals surface area contributed by atoms with Gasteiger partial charge in [0, 0.05) is 11.6 Å². The Morgan fingerprint density at radius 1 is 0.810 bits per heavy atom. The van der Waals surface area contributed by atoms with E-state index in [-0.39, 0.29) is 0 Å². The number of carbonyl (C=O) groups excluding carboxylic acids is 2. The van der Waals surface area contributed by atoms with Crippen LogP contribution in [-0.4, -0.2) is 11.8 Å². The highest BCUT2D eigenvalue weighted by Crippen LogP contribution is 2.01. The number of imide groups is 1. The Morgan fingerprint density at radius 3 is 2.10 bits per heavy atom. The Labute approximate surface area is 123 Å². The Kier molecular flexibility index (Phi) is 5.24. The number of nitrogens with one attached hydrogen (secondary N) is 1. The summed E-state index contributed by atoms with van der Waals surface area (Å²) in [5, 5.41) is 2.30. The van der Waals surface area contributed by atoms with Crippen molar-refractivity contribution in [1.29, 1.82) is 0 Å². The molecule has 104 valence electrons. The van der Waals surface area contributed by atoms with E-state index in [1.165, 1.54) is 6.08 Å². The van der Waals surface area contributed by atoms with Gasteiger partial charge in [-0.25, -0.2) is 0 Å². The van der Waals surface area contributed by atoms with Crippen LogP contribution in [0, 0.1) is 0 Å². The molecule has 0 saturated carbocycles. The molecular formula is C18H15NO2. The van der Waals surface area contributed by atoms with E-state index in [2.05, 4.69) is 5.32 Å². The van der Waals surface area contributed by atoms with Crippen molar-refractivity contribution in [1.82, 2.24) is 5.32 Å². The first kappa shape index (κ1) is 14.5. The third-order valence-electron chi connectivity index (χ3n) is 2.72. The lowest BCUT2D eigenvalue weighted by Crippen LogP contribution is -2.28. The highest BCUT2D eigenvalue weighted by atomic mass is 16.2. The maximum atomic E-state index is 11.7. The van der Waals surface area contributed by atoms with E-state index in [4.69, 9.17) is 0 Å². The predicted molar refractivity (Wildman–Crippen MR) is 83.5 cm³/mol. The highest BCUT2D eigenvalue weighted by molar-refractivity contribution is 6.08. The minimum absolute atomic E-state index is 0.405. The summed E-state index contributed by atoms with van der Waals surface area (Å²) in [5.74, 6) is -0.848. The molecule has 2 aromatic carbocycles. The minimum atomic E-state index is -0.443. The lowest BCUT2D eigenvalue weighted by atomic mass is 10.2. The number of hydrogen-bond donors (Lipinski definition) is 1. The first-order valence-corrected chi connectivity index (χ1v) is 6.56. The summed E-state index contributed by atoms with van der Waals surface area (Å²) in [5.41, 5.74) is 1.50. The summed E-state index contributed by atoms with van der Waals surface area (Å²) in [7, 11) is 0. The monoisotopic (exact) mass is 277 g/mol. The fourth-order valence-electron chi connectivity index (χ4n) is 1.69. The largest absolute Gasteiger partial charge is 0.289 e. The number of rotatable bonds is 4. The van der Waals surface area contributed by atoms with Gasteiger partial charge in [0.1, 0.15) is 0 Å². The van der Waals surface area contributed by atoms with Crippen LogP contribution >= 0.6 is 0 Å². The normalized spacial score (nSPS) is 10.9. The molecule has 3 heteroatoms. The SMILES string of the molecule is O=C(C=CC=Cc1ccccc1)NC(=O)c1ccccc1. The van der Waals surface area contributed by atoms with E-state index in [1.54, 1.807) is 36.4 Å². The fraction of sp³-hybridized carbons (Fsp3) is 0. The number of benzene rings is 2. The molecule has 2 aromatic rings. The molecule has 0 radical (unpaired) electrons. The third kappa shape index (κ3) is 4.91. The Morgan fingerprint density at radius 2 is 1.43 bits per heavy atom. The van der Waals surface area contributed by atoms with Crippen molar-refractivity contribution in [3.8, 4) is 0 Å². The number of hydrogen-bond acceptors (Lipinski definition) is 2. The zero-order valence-electron chi connectivity index (χ0n) is 11.4. The zero-order valence-corrected chi connectivity index (χ0v) is 11.4.